The van der Waals surface area contributed by atoms with E-state index in [1.807, 2.05) is 32.9 Å². The Morgan fingerprint density at radius 3 is 2.42 bits per heavy atom. The van der Waals surface area contributed by atoms with Gasteiger partial charge in [-0.25, -0.2) is 14.1 Å². The van der Waals surface area contributed by atoms with Crippen LogP contribution in [0.15, 0.2) is 12.1 Å². The first-order valence-corrected chi connectivity index (χ1v) is 19.3. The highest BCUT2D eigenvalue weighted by molar-refractivity contribution is 7.64. The zero-order chi connectivity index (χ0) is 35.2. The van der Waals surface area contributed by atoms with Gasteiger partial charge < -0.3 is 37.7 Å². The third kappa shape index (κ3) is 7.26. The van der Waals surface area contributed by atoms with Crippen molar-refractivity contribution < 1.29 is 47.3 Å². The maximum absolute atomic E-state index is 13.6. The molecule has 16 heteroatoms. The molecule has 2 aromatic heterocycles. The number of ether oxygens (including phenoxy) is 7. The first kappa shape index (κ1) is 36.9. The zero-order valence-corrected chi connectivity index (χ0v) is 30.8. The predicted molar refractivity (Wildman–Crippen MR) is 177 cm³/mol. The van der Waals surface area contributed by atoms with Gasteiger partial charge in [-0.2, -0.15) is 4.98 Å². The van der Waals surface area contributed by atoms with Gasteiger partial charge in [0.25, 0.3) is 0 Å². The number of halogens is 1. The van der Waals surface area contributed by atoms with Crippen LogP contribution in [0.25, 0.3) is 5.52 Å². The van der Waals surface area contributed by atoms with E-state index in [4.69, 9.17) is 44.8 Å². The van der Waals surface area contributed by atoms with Crippen molar-refractivity contribution in [3.8, 4) is 0 Å². The van der Waals surface area contributed by atoms with E-state index in [2.05, 4.69) is 10.1 Å². The fourth-order valence-electron chi connectivity index (χ4n) is 6.65. The number of nitrogens with zero attached hydrogens (tertiary/aromatic N) is 4. The Morgan fingerprint density at radius 1 is 1.15 bits per heavy atom. The number of carbonyl (C=O) groups is 2. The Bertz CT molecular complexity index is 1550. The highest BCUT2D eigenvalue weighted by atomic mass is 35.5. The van der Waals surface area contributed by atoms with Gasteiger partial charge in [0.1, 0.15) is 42.7 Å². The largest absolute Gasteiger partial charge is 0.463 e. The van der Waals surface area contributed by atoms with Crippen LogP contribution in [-0.2, 0) is 42.5 Å². The molecule has 0 bridgehead atoms. The molecule has 268 valence electrons. The molecule has 1 amide bonds. The molecule has 0 N–H and O–H groups in total. The quantitative estimate of drug-likeness (QED) is 0.212. The molecule has 0 aromatic carbocycles. The smallest absolute Gasteiger partial charge is 0.416 e. The van der Waals surface area contributed by atoms with Crippen LogP contribution < -0.4 is 4.90 Å². The second-order valence-electron chi connectivity index (χ2n) is 14.3. The highest BCUT2D eigenvalue weighted by Crippen LogP contribution is 2.54. The Kier molecular flexibility index (Phi) is 10.6. The second kappa shape index (κ2) is 13.8. The molecular weight excluding hydrogens is 667 g/mol. The number of anilines is 1. The van der Waals surface area contributed by atoms with Gasteiger partial charge in [0.05, 0.1) is 25.5 Å². The Balaban J connectivity index is 1.51. The highest BCUT2D eigenvalue weighted by Gasteiger charge is 2.58. The average Bonchev–Trinajstić information content (AvgIpc) is 3.74. The van der Waals surface area contributed by atoms with Crippen molar-refractivity contribution >= 4 is 42.1 Å². The third-order valence-corrected chi connectivity index (χ3v) is 11.1. The van der Waals surface area contributed by atoms with E-state index in [0.29, 0.717) is 17.0 Å². The lowest BCUT2D eigenvalue weighted by Gasteiger charge is -2.35. The molecule has 3 fully saturated rings. The molecule has 48 heavy (non-hydrogen) atoms. The fourth-order valence-corrected chi connectivity index (χ4v) is 8.14. The van der Waals surface area contributed by atoms with Crippen molar-refractivity contribution in [1.29, 1.82) is 0 Å². The molecule has 2 aliphatic heterocycles. The van der Waals surface area contributed by atoms with Crippen molar-refractivity contribution in [3.05, 3.63) is 23.1 Å². The molecule has 5 atom stereocenters. The molecule has 5 rings (SSSR count). The summed E-state index contributed by atoms with van der Waals surface area (Å²) in [7, 11) is -1.89. The molecule has 0 radical (unpaired) electrons. The van der Waals surface area contributed by atoms with E-state index in [1.165, 1.54) is 20.4 Å². The molecule has 2 saturated heterocycles. The zero-order valence-electron chi connectivity index (χ0n) is 29.2. The SMILES string of the molecule is CCOC(=O)C(COC)(OC[C@H]1O[C@H](c2ccc3c(N(C(=O)OC(C)(C)C)C4CCCC4)nc(Cl)nn23)[C@@H]2OC(C)(C)O[C@@H]21)P(C)(C)=O. The van der Waals surface area contributed by atoms with Gasteiger partial charge in [0.2, 0.25) is 10.6 Å². The van der Waals surface area contributed by atoms with Gasteiger partial charge in [0, 0.05) is 13.2 Å². The number of hydrogen-bond acceptors (Lipinski definition) is 12. The van der Waals surface area contributed by atoms with Crippen LogP contribution >= 0.6 is 18.7 Å². The van der Waals surface area contributed by atoms with E-state index >= 15 is 0 Å². The standard InChI is InChI=1S/C32H48ClN4O10P/c1-10-42-27(38)32(18-41-7,48(8,9)40)43-17-22-24-25(46-31(5,6)45-24)23(44-22)20-15-16-21-26(34-28(33)35-37(20)21)36(19-13-11-12-14-19)29(39)47-30(2,3)4/h15-16,19,22-25H,10-14,17-18H2,1-9H3/t22-,23-,24-,25+,32?/m1/s1. The summed E-state index contributed by atoms with van der Waals surface area (Å²) in [6.45, 7) is 13.3. The first-order chi connectivity index (χ1) is 22.4. The van der Waals surface area contributed by atoms with Crippen LogP contribution in [-0.4, -0.2) is 108 Å². The molecule has 1 saturated carbocycles. The minimum atomic E-state index is -3.29. The number of carbonyl (C=O) groups excluding carboxylic acids is 2. The average molecular weight is 715 g/mol. The monoisotopic (exact) mass is 714 g/mol. The predicted octanol–water partition coefficient (Wildman–Crippen LogP) is 5.57. The first-order valence-electron chi connectivity index (χ1n) is 16.3. The molecule has 1 unspecified atom stereocenters. The van der Waals surface area contributed by atoms with E-state index in [0.717, 1.165) is 25.7 Å². The topological polar surface area (TPSA) is 149 Å². The number of methoxy groups -OCH3 is 1. The van der Waals surface area contributed by atoms with Crippen LogP contribution in [0.3, 0.4) is 0 Å². The molecule has 4 heterocycles. The number of fused-ring (bicyclic) bond motifs is 2. The molecular formula is C32H48ClN4O10P. The number of hydrogen-bond donors (Lipinski definition) is 0. The summed E-state index contributed by atoms with van der Waals surface area (Å²) in [6, 6.07) is 3.52. The fraction of sp³-hybridized carbons (Fsp3) is 0.750. The summed E-state index contributed by atoms with van der Waals surface area (Å²) in [6.07, 6.45) is 0.328. The molecule has 3 aliphatic rings. The molecule has 2 aromatic rings. The molecule has 0 spiro atoms. The summed E-state index contributed by atoms with van der Waals surface area (Å²) in [4.78, 5) is 33.0. The number of esters is 1. The number of rotatable bonds is 11. The molecule has 1 aliphatic carbocycles. The van der Waals surface area contributed by atoms with Gasteiger partial charge in [0.15, 0.2) is 11.6 Å². The van der Waals surface area contributed by atoms with E-state index in [-0.39, 0.29) is 31.1 Å². The normalized spacial score (nSPS) is 25.6. The number of amides is 1. The lowest BCUT2D eigenvalue weighted by Crippen LogP contribution is -2.49. The van der Waals surface area contributed by atoms with Crippen LogP contribution in [0.1, 0.15) is 79.0 Å². The van der Waals surface area contributed by atoms with Gasteiger partial charge in [-0.15, -0.1) is 5.10 Å². The summed E-state index contributed by atoms with van der Waals surface area (Å²) in [5.41, 5.74) is 0.391. The Labute approximate surface area is 286 Å². The van der Waals surface area contributed by atoms with Gasteiger partial charge in [-0.1, -0.05) is 12.8 Å². The minimum absolute atomic E-state index is 0.0692. The van der Waals surface area contributed by atoms with Crippen LogP contribution in [0.4, 0.5) is 10.6 Å². The van der Waals surface area contributed by atoms with E-state index in [9.17, 15) is 14.2 Å². The van der Waals surface area contributed by atoms with Crippen molar-refractivity contribution in [2.45, 2.75) is 114 Å². The Morgan fingerprint density at radius 2 is 1.81 bits per heavy atom. The second-order valence-corrected chi connectivity index (χ2v) is 18.1. The van der Waals surface area contributed by atoms with Crippen molar-refractivity contribution in [3.63, 3.8) is 0 Å². The lowest BCUT2D eigenvalue weighted by molar-refractivity contribution is -0.200. The van der Waals surface area contributed by atoms with E-state index < -0.39 is 60.4 Å². The third-order valence-electron chi connectivity index (χ3n) is 8.73. The van der Waals surface area contributed by atoms with Gasteiger partial charge >= 0.3 is 12.1 Å². The maximum atomic E-state index is 13.6. The lowest BCUT2D eigenvalue weighted by atomic mass is 10.1. The number of aromatic nitrogens is 3. The van der Waals surface area contributed by atoms with Crippen molar-refractivity contribution in [2.75, 3.05) is 45.2 Å². The van der Waals surface area contributed by atoms with Crippen molar-refractivity contribution in [1.82, 2.24) is 14.6 Å². The van der Waals surface area contributed by atoms with Gasteiger partial charge in [-0.3, -0.25) is 4.90 Å². The van der Waals surface area contributed by atoms with Crippen LogP contribution in [0.2, 0.25) is 5.28 Å². The maximum Gasteiger partial charge on any atom is 0.416 e. The van der Waals surface area contributed by atoms with E-state index in [1.54, 1.807) is 30.2 Å². The summed E-state index contributed by atoms with van der Waals surface area (Å²) in [5.74, 6) is -1.41. The Hall–Kier alpha value is -2.32. The minimum Gasteiger partial charge on any atom is -0.463 e. The summed E-state index contributed by atoms with van der Waals surface area (Å²) < 4.78 is 57.0. The van der Waals surface area contributed by atoms with Gasteiger partial charge in [-0.05, 0) is 91.4 Å². The molecule has 14 nitrogen and oxygen atoms in total. The summed E-state index contributed by atoms with van der Waals surface area (Å²) >= 11 is 6.54. The summed E-state index contributed by atoms with van der Waals surface area (Å²) in [5, 5.41) is 2.59. The van der Waals surface area contributed by atoms with Crippen LogP contribution in [0.5, 0.6) is 0 Å². The van der Waals surface area contributed by atoms with Crippen molar-refractivity contribution in [2.24, 2.45) is 0 Å². The van der Waals surface area contributed by atoms with Crippen LogP contribution in [0, 0.1) is 0 Å².